The molecule has 0 aliphatic carbocycles. The largest absolute Gasteiger partial charge is 0.358 e. The van der Waals surface area contributed by atoms with Crippen LogP contribution in [0.1, 0.15) is 11.3 Å². The van der Waals surface area contributed by atoms with E-state index in [0.717, 1.165) is 42.7 Å². The van der Waals surface area contributed by atoms with Crippen LogP contribution in [-0.2, 0) is 13.1 Å². The molecule has 0 saturated carbocycles. The van der Waals surface area contributed by atoms with Crippen molar-refractivity contribution in [1.29, 1.82) is 0 Å². The highest BCUT2D eigenvalue weighted by atomic mass is 35.5. The first-order valence-corrected chi connectivity index (χ1v) is 7.08. The van der Waals surface area contributed by atoms with Gasteiger partial charge in [0.1, 0.15) is 5.82 Å². The molecule has 3 heterocycles. The maximum atomic E-state index is 6.02. The summed E-state index contributed by atoms with van der Waals surface area (Å²) in [4.78, 5) is 13.4. The van der Waals surface area contributed by atoms with Gasteiger partial charge in [-0.05, 0) is 18.2 Å². The quantitative estimate of drug-likeness (QED) is 0.850. The van der Waals surface area contributed by atoms with Gasteiger partial charge in [-0.15, -0.1) is 0 Å². The van der Waals surface area contributed by atoms with Crippen molar-refractivity contribution in [1.82, 2.24) is 14.9 Å². The number of halogens is 1. The molecule has 1 aliphatic rings. The number of fused-ring (bicyclic) bond motifs is 1. The van der Waals surface area contributed by atoms with E-state index in [4.69, 9.17) is 11.6 Å². The van der Waals surface area contributed by atoms with Crippen molar-refractivity contribution < 1.29 is 0 Å². The van der Waals surface area contributed by atoms with E-state index in [1.807, 2.05) is 18.3 Å². The van der Waals surface area contributed by atoms with E-state index in [2.05, 4.69) is 32.9 Å². The van der Waals surface area contributed by atoms with E-state index >= 15 is 0 Å². The molecule has 2 aromatic rings. The Morgan fingerprint density at radius 3 is 2.95 bits per heavy atom. The molecule has 4 nitrogen and oxygen atoms in total. The average molecular weight is 289 g/mol. The molecule has 0 bridgehead atoms. The Hall–Kier alpha value is -1.65. The van der Waals surface area contributed by atoms with Crippen LogP contribution < -0.4 is 4.90 Å². The highest BCUT2D eigenvalue weighted by Gasteiger charge is 2.18. The Bertz CT molecular complexity index is 602. The van der Waals surface area contributed by atoms with Crippen molar-refractivity contribution in [3.8, 4) is 0 Å². The SMILES string of the molecule is CN1CCN(Cc2cc(Cl)ccn2)Cc2cccnc21. The van der Waals surface area contributed by atoms with Crippen molar-refractivity contribution in [2.75, 3.05) is 25.0 Å². The van der Waals surface area contributed by atoms with Gasteiger partial charge in [0, 0.05) is 56.2 Å². The summed E-state index contributed by atoms with van der Waals surface area (Å²) in [5.74, 6) is 1.08. The highest BCUT2D eigenvalue weighted by Crippen LogP contribution is 2.22. The van der Waals surface area contributed by atoms with Crippen LogP contribution in [0.2, 0.25) is 5.02 Å². The maximum Gasteiger partial charge on any atom is 0.132 e. The molecule has 0 saturated heterocycles. The van der Waals surface area contributed by atoms with E-state index in [1.165, 1.54) is 5.56 Å². The second-order valence-electron chi connectivity index (χ2n) is 5.08. The van der Waals surface area contributed by atoms with Crippen LogP contribution in [0, 0.1) is 0 Å². The van der Waals surface area contributed by atoms with Crippen LogP contribution in [0.3, 0.4) is 0 Å². The molecule has 0 amide bonds. The minimum Gasteiger partial charge on any atom is -0.358 e. The smallest absolute Gasteiger partial charge is 0.132 e. The Kier molecular flexibility index (Phi) is 3.85. The first-order valence-electron chi connectivity index (χ1n) is 6.70. The summed E-state index contributed by atoms with van der Waals surface area (Å²) in [6.07, 6.45) is 3.61. The Morgan fingerprint density at radius 2 is 2.10 bits per heavy atom. The third kappa shape index (κ3) is 2.92. The molecule has 104 valence electrons. The topological polar surface area (TPSA) is 32.3 Å². The van der Waals surface area contributed by atoms with Crippen LogP contribution in [0.25, 0.3) is 0 Å². The number of aromatic nitrogens is 2. The summed E-state index contributed by atoms with van der Waals surface area (Å²) in [5.41, 5.74) is 2.27. The van der Waals surface area contributed by atoms with E-state index in [-0.39, 0.29) is 0 Å². The van der Waals surface area contributed by atoms with Crippen molar-refractivity contribution >= 4 is 17.4 Å². The Morgan fingerprint density at radius 1 is 1.20 bits per heavy atom. The second-order valence-corrected chi connectivity index (χ2v) is 5.52. The van der Waals surface area contributed by atoms with E-state index < -0.39 is 0 Å². The third-order valence-electron chi connectivity index (χ3n) is 3.54. The minimum absolute atomic E-state index is 0.740. The molecule has 20 heavy (non-hydrogen) atoms. The van der Waals surface area contributed by atoms with Crippen molar-refractivity contribution in [2.45, 2.75) is 13.1 Å². The van der Waals surface area contributed by atoms with Crippen molar-refractivity contribution in [3.63, 3.8) is 0 Å². The monoisotopic (exact) mass is 288 g/mol. The van der Waals surface area contributed by atoms with Crippen molar-refractivity contribution in [3.05, 3.63) is 52.9 Å². The zero-order valence-corrected chi connectivity index (χ0v) is 12.2. The number of rotatable bonds is 2. The summed E-state index contributed by atoms with van der Waals surface area (Å²) in [7, 11) is 2.09. The molecule has 0 spiro atoms. The van der Waals surface area contributed by atoms with Crippen LogP contribution >= 0.6 is 11.6 Å². The van der Waals surface area contributed by atoms with Gasteiger partial charge in [0.25, 0.3) is 0 Å². The van der Waals surface area contributed by atoms with Gasteiger partial charge in [-0.3, -0.25) is 9.88 Å². The summed E-state index contributed by atoms with van der Waals surface area (Å²) in [6, 6.07) is 7.87. The number of anilines is 1. The molecule has 3 rings (SSSR count). The molecule has 2 aromatic heterocycles. The number of nitrogens with zero attached hydrogens (tertiary/aromatic N) is 4. The Labute approximate surface area is 124 Å². The second kappa shape index (κ2) is 5.77. The van der Waals surface area contributed by atoms with Crippen LogP contribution in [0.15, 0.2) is 36.7 Å². The lowest BCUT2D eigenvalue weighted by Crippen LogP contribution is -2.29. The summed E-state index contributed by atoms with van der Waals surface area (Å²) < 4.78 is 0. The zero-order chi connectivity index (χ0) is 13.9. The molecule has 0 radical (unpaired) electrons. The minimum atomic E-state index is 0.740. The molecular formula is C15H17ClN4. The summed E-state index contributed by atoms with van der Waals surface area (Å²) >= 11 is 6.02. The normalized spacial score (nSPS) is 15.8. The highest BCUT2D eigenvalue weighted by molar-refractivity contribution is 6.30. The predicted molar refractivity (Wildman–Crippen MR) is 80.9 cm³/mol. The molecule has 0 aromatic carbocycles. The molecular weight excluding hydrogens is 272 g/mol. The Balaban J connectivity index is 1.79. The van der Waals surface area contributed by atoms with E-state index in [9.17, 15) is 0 Å². The van der Waals surface area contributed by atoms with Gasteiger partial charge < -0.3 is 4.90 Å². The first kappa shape index (κ1) is 13.3. The van der Waals surface area contributed by atoms with Gasteiger partial charge in [0.2, 0.25) is 0 Å². The maximum absolute atomic E-state index is 6.02. The van der Waals surface area contributed by atoms with Gasteiger partial charge in [0.15, 0.2) is 0 Å². The molecule has 0 atom stereocenters. The standard InChI is InChI=1S/C15H17ClN4/c1-19-7-8-20(10-12-3-2-5-18-15(12)19)11-14-9-13(16)4-6-17-14/h2-6,9H,7-8,10-11H2,1H3. The lowest BCUT2D eigenvalue weighted by molar-refractivity contribution is 0.266. The van der Waals surface area contributed by atoms with Crippen molar-refractivity contribution in [2.24, 2.45) is 0 Å². The predicted octanol–water partition coefficient (Wildman–Crippen LogP) is 2.58. The van der Waals surface area contributed by atoms with E-state index in [1.54, 1.807) is 12.3 Å². The number of hydrogen-bond acceptors (Lipinski definition) is 4. The number of hydrogen-bond donors (Lipinski definition) is 0. The first-order chi connectivity index (χ1) is 9.72. The van der Waals surface area contributed by atoms with Gasteiger partial charge in [-0.2, -0.15) is 0 Å². The summed E-state index contributed by atoms with van der Waals surface area (Å²) in [6.45, 7) is 3.65. The van der Waals surface area contributed by atoms with Gasteiger partial charge in [0.05, 0.1) is 5.69 Å². The zero-order valence-electron chi connectivity index (χ0n) is 11.5. The fraction of sp³-hybridized carbons (Fsp3) is 0.333. The fourth-order valence-corrected chi connectivity index (χ4v) is 2.70. The molecule has 0 unspecified atom stereocenters. The van der Waals surface area contributed by atoms with E-state index in [0.29, 0.717) is 0 Å². The average Bonchev–Trinajstić information content (AvgIpc) is 2.59. The van der Waals surface area contributed by atoms with Gasteiger partial charge >= 0.3 is 0 Å². The van der Waals surface area contributed by atoms with Gasteiger partial charge in [-0.25, -0.2) is 4.98 Å². The molecule has 5 heteroatoms. The number of likely N-dealkylation sites (N-methyl/N-ethyl adjacent to an activating group) is 1. The molecule has 1 aliphatic heterocycles. The molecule has 0 N–H and O–H groups in total. The fourth-order valence-electron chi connectivity index (χ4n) is 2.51. The van der Waals surface area contributed by atoms with Gasteiger partial charge in [-0.1, -0.05) is 17.7 Å². The van der Waals surface area contributed by atoms with Crippen LogP contribution in [0.4, 0.5) is 5.82 Å². The third-order valence-corrected chi connectivity index (χ3v) is 3.77. The molecule has 0 fully saturated rings. The van der Waals surface area contributed by atoms with Crippen LogP contribution in [-0.4, -0.2) is 35.0 Å². The van der Waals surface area contributed by atoms with Crippen LogP contribution in [0.5, 0.6) is 0 Å². The summed E-state index contributed by atoms with van der Waals surface area (Å²) in [5, 5.41) is 0.740. The lowest BCUT2D eigenvalue weighted by Gasteiger charge is -2.20. The lowest BCUT2D eigenvalue weighted by atomic mass is 10.2. The number of pyridine rings is 2.